The minimum absolute atomic E-state index is 0.000318. The number of esters is 1. The van der Waals surface area contributed by atoms with Crippen molar-refractivity contribution in [3.63, 3.8) is 0 Å². The molecular weight excluding hydrogens is 277 g/mol. The standard InChI is InChI=1S/C15H16FNO4/c1-4-10-13(15(18)20-5-2)21-14(17-10)12-9(16)7-6-8-11(12)19-3/h6-8H,4-5H2,1-3H3. The van der Waals surface area contributed by atoms with Crippen molar-refractivity contribution in [1.82, 2.24) is 4.98 Å². The van der Waals surface area contributed by atoms with Crippen molar-refractivity contribution in [1.29, 1.82) is 0 Å². The SMILES string of the molecule is CCOC(=O)c1oc(-c2c(F)cccc2OC)nc1CC. The second kappa shape index (κ2) is 6.39. The summed E-state index contributed by atoms with van der Waals surface area (Å²) in [6, 6.07) is 4.39. The molecule has 112 valence electrons. The van der Waals surface area contributed by atoms with Crippen molar-refractivity contribution >= 4 is 5.97 Å². The van der Waals surface area contributed by atoms with Gasteiger partial charge in [0.05, 0.1) is 19.4 Å². The zero-order chi connectivity index (χ0) is 15.4. The van der Waals surface area contributed by atoms with Gasteiger partial charge in [0, 0.05) is 0 Å². The van der Waals surface area contributed by atoms with Gasteiger partial charge in [-0.3, -0.25) is 0 Å². The van der Waals surface area contributed by atoms with Gasteiger partial charge in [-0.15, -0.1) is 0 Å². The maximum Gasteiger partial charge on any atom is 0.376 e. The van der Waals surface area contributed by atoms with Crippen molar-refractivity contribution in [2.45, 2.75) is 20.3 Å². The number of benzene rings is 1. The van der Waals surface area contributed by atoms with Crippen molar-refractivity contribution in [3.05, 3.63) is 35.5 Å². The maximum absolute atomic E-state index is 14.0. The van der Waals surface area contributed by atoms with Crippen LogP contribution in [0.2, 0.25) is 0 Å². The number of carbonyl (C=O) groups excluding carboxylic acids is 1. The van der Waals surface area contributed by atoms with E-state index in [9.17, 15) is 9.18 Å². The Balaban J connectivity index is 2.54. The molecule has 0 radical (unpaired) electrons. The van der Waals surface area contributed by atoms with Crippen molar-refractivity contribution in [2.75, 3.05) is 13.7 Å². The second-order valence-corrected chi connectivity index (χ2v) is 4.19. The van der Waals surface area contributed by atoms with E-state index in [0.717, 1.165) is 0 Å². The minimum atomic E-state index is -0.608. The molecule has 1 aromatic carbocycles. The van der Waals surface area contributed by atoms with E-state index < -0.39 is 11.8 Å². The summed E-state index contributed by atoms with van der Waals surface area (Å²) in [7, 11) is 1.42. The molecule has 2 rings (SSSR count). The molecule has 0 N–H and O–H groups in total. The quantitative estimate of drug-likeness (QED) is 0.792. The summed E-state index contributed by atoms with van der Waals surface area (Å²) < 4.78 is 29.5. The van der Waals surface area contributed by atoms with Gasteiger partial charge in [-0.25, -0.2) is 14.2 Å². The lowest BCUT2D eigenvalue weighted by molar-refractivity contribution is 0.0489. The highest BCUT2D eigenvalue weighted by Gasteiger charge is 2.24. The monoisotopic (exact) mass is 293 g/mol. The first-order chi connectivity index (χ1) is 10.1. The first-order valence-electron chi connectivity index (χ1n) is 6.62. The van der Waals surface area contributed by atoms with Crippen LogP contribution in [-0.4, -0.2) is 24.7 Å². The molecule has 5 nitrogen and oxygen atoms in total. The average Bonchev–Trinajstić information content (AvgIpc) is 2.91. The van der Waals surface area contributed by atoms with Crippen molar-refractivity contribution in [3.8, 4) is 17.2 Å². The van der Waals surface area contributed by atoms with Gasteiger partial charge in [-0.2, -0.15) is 0 Å². The average molecular weight is 293 g/mol. The van der Waals surface area contributed by atoms with Gasteiger partial charge in [-0.05, 0) is 25.5 Å². The van der Waals surface area contributed by atoms with Crippen molar-refractivity contribution < 1.29 is 23.1 Å². The minimum Gasteiger partial charge on any atom is -0.496 e. The van der Waals surface area contributed by atoms with Gasteiger partial charge < -0.3 is 13.9 Å². The Hall–Kier alpha value is -2.37. The highest BCUT2D eigenvalue weighted by atomic mass is 19.1. The van der Waals surface area contributed by atoms with Gasteiger partial charge in [0.25, 0.3) is 0 Å². The molecule has 0 aliphatic carbocycles. The summed E-state index contributed by atoms with van der Waals surface area (Å²) in [6.45, 7) is 3.74. The predicted octanol–water partition coefficient (Wildman–Crippen LogP) is 3.23. The first kappa shape index (κ1) is 15.0. The third-order valence-electron chi connectivity index (χ3n) is 2.90. The molecule has 0 saturated heterocycles. The number of aromatic nitrogens is 1. The molecule has 2 aromatic rings. The molecule has 6 heteroatoms. The van der Waals surface area contributed by atoms with Crippen molar-refractivity contribution in [2.24, 2.45) is 0 Å². The Bertz CT molecular complexity index is 651. The van der Waals surface area contributed by atoms with Gasteiger partial charge in [-0.1, -0.05) is 13.0 Å². The van der Waals surface area contributed by atoms with Crippen LogP contribution in [0, 0.1) is 5.82 Å². The number of nitrogens with zero attached hydrogens (tertiary/aromatic N) is 1. The predicted molar refractivity (Wildman–Crippen MR) is 73.8 cm³/mol. The zero-order valence-electron chi connectivity index (χ0n) is 12.1. The smallest absolute Gasteiger partial charge is 0.376 e. The molecule has 0 atom stereocenters. The molecule has 21 heavy (non-hydrogen) atoms. The molecule has 0 saturated carbocycles. The number of hydrogen-bond acceptors (Lipinski definition) is 5. The van der Waals surface area contributed by atoms with Crippen LogP contribution in [0.25, 0.3) is 11.5 Å². The van der Waals surface area contributed by atoms with Crippen LogP contribution >= 0.6 is 0 Å². The van der Waals surface area contributed by atoms with Gasteiger partial charge in [0.2, 0.25) is 11.7 Å². The van der Waals surface area contributed by atoms with Crippen LogP contribution in [0.5, 0.6) is 5.75 Å². The van der Waals surface area contributed by atoms with Gasteiger partial charge in [0.1, 0.15) is 17.1 Å². The molecule has 1 heterocycles. The molecule has 0 fully saturated rings. The van der Waals surface area contributed by atoms with E-state index in [1.807, 2.05) is 6.92 Å². The summed E-state index contributed by atoms with van der Waals surface area (Å²) in [5.41, 5.74) is 0.513. The number of carbonyl (C=O) groups is 1. The Morgan fingerprint density at radius 3 is 2.76 bits per heavy atom. The van der Waals surface area contributed by atoms with E-state index in [1.165, 1.54) is 19.2 Å². The number of ether oxygens (including phenoxy) is 2. The molecule has 0 bridgehead atoms. The number of methoxy groups -OCH3 is 1. The number of aryl methyl sites for hydroxylation is 1. The zero-order valence-corrected chi connectivity index (χ0v) is 12.1. The molecule has 0 spiro atoms. The number of hydrogen-bond donors (Lipinski definition) is 0. The normalized spacial score (nSPS) is 10.5. The summed E-state index contributed by atoms with van der Waals surface area (Å²) in [6.07, 6.45) is 0.467. The van der Waals surface area contributed by atoms with E-state index in [1.54, 1.807) is 13.0 Å². The summed E-state index contributed by atoms with van der Waals surface area (Å²) in [4.78, 5) is 16.0. The summed E-state index contributed by atoms with van der Waals surface area (Å²) >= 11 is 0. The summed E-state index contributed by atoms with van der Waals surface area (Å²) in [5, 5.41) is 0. The van der Waals surface area contributed by atoms with Crippen LogP contribution in [-0.2, 0) is 11.2 Å². The number of oxazole rings is 1. The van der Waals surface area contributed by atoms with E-state index in [4.69, 9.17) is 13.9 Å². The Morgan fingerprint density at radius 1 is 1.38 bits per heavy atom. The van der Waals surface area contributed by atoms with Crippen LogP contribution in [0.4, 0.5) is 4.39 Å². The van der Waals surface area contributed by atoms with Crippen LogP contribution in [0.15, 0.2) is 22.6 Å². The van der Waals surface area contributed by atoms with Crippen LogP contribution in [0.1, 0.15) is 30.1 Å². The third-order valence-corrected chi connectivity index (χ3v) is 2.90. The second-order valence-electron chi connectivity index (χ2n) is 4.19. The highest BCUT2D eigenvalue weighted by molar-refractivity contribution is 5.88. The summed E-state index contributed by atoms with van der Waals surface area (Å²) in [5.74, 6) is -0.851. The van der Waals surface area contributed by atoms with E-state index in [2.05, 4.69) is 4.98 Å². The fraction of sp³-hybridized carbons (Fsp3) is 0.333. The largest absolute Gasteiger partial charge is 0.496 e. The van der Waals surface area contributed by atoms with Crippen LogP contribution < -0.4 is 4.74 Å². The fourth-order valence-electron chi connectivity index (χ4n) is 1.94. The van der Waals surface area contributed by atoms with Crippen LogP contribution in [0.3, 0.4) is 0 Å². The molecule has 0 unspecified atom stereocenters. The number of halogens is 1. The molecule has 0 aliphatic rings. The van der Waals surface area contributed by atoms with E-state index in [-0.39, 0.29) is 29.6 Å². The van der Waals surface area contributed by atoms with E-state index >= 15 is 0 Å². The van der Waals surface area contributed by atoms with E-state index in [0.29, 0.717) is 12.1 Å². The fourth-order valence-corrected chi connectivity index (χ4v) is 1.94. The molecule has 1 aromatic heterocycles. The Labute approximate surface area is 121 Å². The molecular formula is C15H16FNO4. The molecule has 0 aliphatic heterocycles. The third kappa shape index (κ3) is 2.89. The lowest BCUT2D eigenvalue weighted by atomic mass is 10.2. The number of rotatable bonds is 5. The Morgan fingerprint density at radius 2 is 2.14 bits per heavy atom. The first-order valence-corrected chi connectivity index (χ1v) is 6.62. The van der Waals surface area contributed by atoms with Gasteiger partial charge in [0.15, 0.2) is 0 Å². The lowest BCUT2D eigenvalue weighted by Crippen LogP contribution is -2.05. The maximum atomic E-state index is 14.0. The lowest BCUT2D eigenvalue weighted by Gasteiger charge is -2.05. The molecule has 0 amide bonds. The Kier molecular flexibility index (Phi) is 4.57. The topological polar surface area (TPSA) is 61.6 Å². The highest BCUT2D eigenvalue weighted by Crippen LogP contribution is 2.33. The van der Waals surface area contributed by atoms with Gasteiger partial charge >= 0.3 is 5.97 Å².